The van der Waals surface area contributed by atoms with Crippen molar-refractivity contribution in [1.29, 1.82) is 0 Å². The molecule has 2 heterocycles. The quantitative estimate of drug-likeness (QED) is 0.265. The summed E-state index contributed by atoms with van der Waals surface area (Å²) in [5.74, 6) is -0.401. The van der Waals surface area contributed by atoms with Gasteiger partial charge in [0.15, 0.2) is 0 Å². The lowest BCUT2D eigenvalue weighted by Gasteiger charge is -2.39. The Labute approximate surface area is 244 Å². The molecule has 6 nitrogen and oxygen atoms in total. The number of ether oxygens (including phenoxy) is 2. The zero-order chi connectivity index (χ0) is 28.3. The predicted octanol–water partition coefficient (Wildman–Crippen LogP) is 7.72. The Kier molecular flexibility index (Phi) is 7.12. The van der Waals surface area contributed by atoms with Crippen molar-refractivity contribution in [3.63, 3.8) is 0 Å². The number of carbonyl (C=O) groups excluding carboxylic acids is 1. The van der Waals surface area contributed by atoms with Crippen molar-refractivity contribution in [2.45, 2.75) is 89.7 Å². The number of fused-ring (bicyclic) bond motifs is 2. The molecular formula is C31H34Cl2FN3O3. The number of para-hydroxylation sites is 1. The molecule has 3 aliphatic rings. The SMILES string of the molecule is C[C@@H]1[C@@H]2C[C@@H](C[C@H]2OCc2c(C3CC3)cnn2-c2c(Cl)cccc2Cl)N1c1ccc(C(=O)OC(C)(C)C)c(F)c1. The molecule has 2 aromatic carbocycles. The summed E-state index contributed by atoms with van der Waals surface area (Å²) in [6.45, 7) is 7.90. The van der Waals surface area contributed by atoms with E-state index in [1.807, 2.05) is 35.1 Å². The summed E-state index contributed by atoms with van der Waals surface area (Å²) in [6.07, 6.45) is 6.14. The fourth-order valence-corrected chi connectivity index (χ4v) is 6.97. The topological polar surface area (TPSA) is 56.6 Å². The van der Waals surface area contributed by atoms with Gasteiger partial charge >= 0.3 is 5.97 Å². The normalized spacial score (nSPS) is 24.1. The largest absolute Gasteiger partial charge is 0.456 e. The highest BCUT2D eigenvalue weighted by Gasteiger charge is 2.50. The summed E-state index contributed by atoms with van der Waals surface area (Å²) in [5.41, 5.74) is 2.94. The summed E-state index contributed by atoms with van der Waals surface area (Å²) in [6, 6.07) is 10.7. The third-order valence-corrected chi connectivity index (χ3v) is 8.96. The average Bonchev–Trinajstić information content (AvgIpc) is 3.38. The van der Waals surface area contributed by atoms with Crippen LogP contribution >= 0.6 is 23.2 Å². The van der Waals surface area contributed by atoms with E-state index in [1.54, 1.807) is 20.8 Å². The zero-order valence-electron chi connectivity index (χ0n) is 23.2. The molecular weight excluding hydrogens is 552 g/mol. The van der Waals surface area contributed by atoms with Gasteiger partial charge in [-0.05, 0) is 95.2 Å². The van der Waals surface area contributed by atoms with E-state index < -0.39 is 17.4 Å². The number of piperidine rings is 1. The first-order valence-electron chi connectivity index (χ1n) is 14.0. The fraction of sp³-hybridized carbons (Fsp3) is 0.484. The first kappa shape index (κ1) is 27.6. The van der Waals surface area contributed by atoms with Crippen LogP contribution < -0.4 is 4.90 Å². The summed E-state index contributed by atoms with van der Waals surface area (Å²) in [5, 5.41) is 5.77. The lowest BCUT2D eigenvalue weighted by Crippen LogP contribution is -2.45. The van der Waals surface area contributed by atoms with Crippen LogP contribution in [0.1, 0.15) is 80.9 Å². The van der Waals surface area contributed by atoms with Crippen molar-refractivity contribution in [2.24, 2.45) is 5.92 Å². The Morgan fingerprint density at radius 2 is 1.85 bits per heavy atom. The molecule has 0 radical (unpaired) electrons. The van der Waals surface area contributed by atoms with E-state index in [4.69, 9.17) is 32.7 Å². The number of hydrogen-bond acceptors (Lipinski definition) is 5. The van der Waals surface area contributed by atoms with E-state index in [9.17, 15) is 4.79 Å². The number of benzene rings is 2. The van der Waals surface area contributed by atoms with Gasteiger partial charge in [0, 0.05) is 23.7 Å². The van der Waals surface area contributed by atoms with Gasteiger partial charge in [0.25, 0.3) is 0 Å². The van der Waals surface area contributed by atoms with E-state index in [1.165, 1.54) is 17.7 Å². The second-order valence-corrected chi connectivity index (χ2v) is 13.1. The number of rotatable bonds is 7. The maximum absolute atomic E-state index is 15.0. The van der Waals surface area contributed by atoms with Gasteiger partial charge in [0.05, 0.1) is 40.2 Å². The van der Waals surface area contributed by atoms with Crippen LogP contribution in [-0.4, -0.2) is 39.5 Å². The maximum atomic E-state index is 15.0. The van der Waals surface area contributed by atoms with Gasteiger partial charge in [0.2, 0.25) is 0 Å². The smallest absolute Gasteiger partial charge is 0.341 e. The first-order valence-corrected chi connectivity index (χ1v) is 14.7. The third-order valence-electron chi connectivity index (χ3n) is 8.35. The van der Waals surface area contributed by atoms with Gasteiger partial charge in [-0.2, -0.15) is 5.10 Å². The highest BCUT2D eigenvalue weighted by molar-refractivity contribution is 6.37. The van der Waals surface area contributed by atoms with E-state index in [-0.39, 0.29) is 23.8 Å². The fourth-order valence-electron chi connectivity index (χ4n) is 6.42. The lowest BCUT2D eigenvalue weighted by molar-refractivity contribution is 0.00148. The molecule has 1 saturated heterocycles. The van der Waals surface area contributed by atoms with Crippen LogP contribution in [0.25, 0.3) is 5.69 Å². The minimum atomic E-state index is -0.684. The minimum Gasteiger partial charge on any atom is -0.456 e. The van der Waals surface area contributed by atoms with Crippen LogP contribution in [-0.2, 0) is 16.1 Å². The molecule has 6 rings (SSSR count). The van der Waals surface area contributed by atoms with E-state index in [0.717, 1.165) is 37.1 Å². The van der Waals surface area contributed by atoms with Crippen LogP contribution in [0.5, 0.6) is 0 Å². The lowest BCUT2D eigenvalue weighted by atomic mass is 9.96. The number of aromatic nitrogens is 2. The molecule has 9 heteroatoms. The van der Waals surface area contributed by atoms with Crippen molar-refractivity contribution in [1.82, 2.24) is 9.78 Å². The minimum absolute atomic E-state index is 0.0430. The van der Waals surface area contributed by atoms with Crippen molar-refractivity contribution in [3.8, 4) is 5.69 Å². The molecule has 3 aromatic rings. The van der Waals surface area contributed by atoms with Gasteiger partial charge < -0.3 is 14.4 Å². The van der Waals surface area contributed by atoms with Gasteiger partial charge in [-0.15, -0.1) is 0 Å². The Morgan fingerprint density at radius 1 is 1.12 bits per heavy atom. The monoisotopic (exact) mass is 585 g/mol. The maximum Gasteiger partial charge on any atom is 0.341 e. The van der Waals surface area contributed by atoms with Crippen LogP contribution in [0.4, 0.5) is 10.1 Å². The summed E-state index contributed by atoms with van der Waals surface area (Å²) in [7, 11) is 0. The molecule has 4 atom stereocenters. The Bertz CT molecular complexity index is 1430. The second-order valence-electron chi connectivity index (χ2n) is 12.3. The molecule has 0 spiro atoms. The zero-order valence-corrected chi connectivity index (χ0v) is 24.7. The third kappa shape index (κ3) is 5.12. The van der Waals surface area contributed by atoms with E-state index >= 15 is 4.39 Å². The van der Waals surface area contributed by atoms with Crippen LogP contribution in [0.3, 0.4) is 0 Å². The molecule has 0 unspecified atom stereocenters. The van der Waals surface area contributed by atoms with Crippen LogP contribution in [0.2, 0.25) is 10.0 Å². The average molecular weight is 587 g/mol. The molecule has 1 aliphatic heterocycles. The number of halogens is 3. The van der Waals surface area contributed by atoms with Gasteiger partial charge in [-0.1, -0.05) is 29.3 Å². The molecule has 40 heavy (non-hydrogen) atoms. The molecule has 1 aromatic heterocycles. The summed E-state index contributed by atoms with van der Waals surface area (Å²) < 4.78 is 28.8. The highest BCUT2D eigenvalue weighted by atomic mass is 35.5. The van der Waals surface area contributed by atoms with Gasteiger partial charge in [-0.3, -0.25) is 0 Å². The molecule has 0 N–H and O–H groups in total. The van der Waals surface area contributed by atoms with Crippen molar-refractivity contribution >= 4 is 34.9 Å². The van der Waals surface area contributed by atoms with E-state index in [0.29, 0.717) is 34.2 Å². The Hall–Kier alpha value is -2.61. The van der Waals surface area contributed by atoms with Crippen molar-refractivity contribution < 1.29 is 18.7 Å². The number of anilines is 1. The molecule has 2 saturated carbocycles. The van der Waals surface area contributed by atoms with Gasteiger partial charge in [-0.25, -0.2) is 13.9 Å². The molecule has 3 fully saturated rings. The predicted molar refractivity (Wildman–Crippen MR) is 154 cm³/mol. The van der Waals surface area contributed by atoms with Crippen LogP contribution in [0, 0.1) is 11.7 Å². The van der Waals surface area contributed by atoms with Crippen molar-refractivity contribution in [3.05, 3.63) is 75.3 Å². The second kappa shape index (κ2) is 10.3. The van der Waals surface area contributed by atoms with E-state index in [2.05, 4.69) is 16.9 Å². The summed E-state index contributed by atoms with van der Waals surface area (Å²) >= 11 is 13.1. The number of hydrogen-bond donors (Lipinski definition) is 0. The van der Waals surface area contributed by atoms with Crippen LogP contribution in [0.15, 0.2) is 42.6 Å². The first-order chi connectivity index (χ1) is 19.0. The van der Waals surface area contributed by atoms with Gasteiger partial charge in [0.1, 0.15) is 17.1 Å². The standard InChI is InChI=1S/C31H34Cl2FN3O3/c1-17-22-12-20(36(17)19-10-11-21(26(34)13-19)30(38)40-31(2,3)4)14-28(22)39-16-27-23(18-8-9-18)15-35-37(27)29-24(32)6-5-7-25(29)33/h5-7,10-11,13,15,17-18,20,22,28H,8-9,12,14,16H2,1-4H3/t17-,20+,22+,28-/m1/s1. The molecule has 212 valence electrons. The number of esters is 1. The van der Waals surface area contributed by atoms with Crippen molar-refractivity contribution in [2.75, 3.05) is 4.90 Å². The molecule has 0 amide bonds. The Morgan fingerprint density at radius 3 is 2.48 bits per heavy atom. The molecule has 2 aliphatic carbocycles. The molecule has 2 bridgehead atoms. The number of nitrogens with zero attached hydrogens (tertiary/aromatic N) is 3. The number of carbonyl (C=O) groups is 1. The Balaban J connectivity index is 1.17. The summed E-state index contributed by atoms with van der Waals surface area (Å²) in [4.78, 5) is 14.7. The highest BCUT2D eigenvalue weighted by Crippen LogP contribution is 2.47.